The van der Waals surface area contributed by atoms with Crippen LogP contribution in [0.25, 0.3) is 22.1 Å². The van der Waals surface area contributed by atoms with Crippen LogP contribution in [0.1, 0.15) is 16.1 Å². The first-order valence-corrected chi connectivity index (χ1v) is 9.30. The van der Waals surface area contributed by atoms with Crippen LogP contribution in [0.3, 0.4) is 0 Å². The van der Waals surface area contributed by atoms with Crippen molar-refractivity contribution >= 4 is 28.6 Å². The number of nitro groups is 1. The van der Waals surface area contributed by atoms with Gasteiger partial charge in [0.25, 0.3) is 11.6 Å². The highest BCUT2D eigenvalue weighted by atomic mass is 16.6. The number of nitrogens with zero attached hydrogens (tertiary/aromatic N) is 2. The van der Waals surface area contributed by atoms with Gasteiger partial charge < -0.3 is 9.15 Å². The fraction of sp³-hybridized carbons (Fsp3) is 0.0435. The van der Waals surface area contributed by atoms with Gasteiger partial charge in [-0.15, -0.1) is 0 Å². The lowest BCUT2D eigenvalue weighted by Crippen LogP contribution is -2.18. The molecule has 0 fully saturated rings. The van der Waals surface area contributed by atoms with Crippen LogP contribution in [0.2, 0.25) is 0 Å². The number of hydrogen-bond acceptors (Lipinski definition) is 6. The molecule has 0 atom stereocenters. The van der Waals surface area contributed by atoms with Crippen molar-refractivity contribution in [2.45, 2.75) is 0 Å². The van der Waals surface area contributed by atoms with Crippen LogP contribution in [-0.2, 0) is 0 Å². The third-order valence-corrected chi connectivity index (χ3v) is 4.66. The van der Waals surface area contributed by atoms with Gasteiger partial charge in [0.1, 0.15) is 17.3 Å². The third-order valence-electron chi connectivity index (χ3n) is 4.66. The maximum Gasteiger partial charge on any atom is 0.275 e. The number of rotatable bonds is 6. The van der Waals surface area contributed by atoms with E-state index in [-0.39, 0.29) is 5.69 Å². The van der Waals surface area contributed by atoms with Crippen molar-refractivity contribution in [1.82, 2.24) is 5.43 Å². The molecular weight excluding hydrogens is 398 g/mol. The number of furan rings is 1. The Morgan fingerprint density at radius 3 is 2.45 bits per heavy atom. The molecule has 1 amide bonds. The summed E-state index contributed by atoms with van der Waals surface area (Å²) in [6.45, 7) is 0. The average molecular weight is 415 g/mol. The maximum atomic E-state index is 12.6. The van der Waals surface area contributed by atoms with E-state index in [4.69, 9.17) is 9.15 Å². The minimum absolute atomic E-state index is 0.00363. The molecule has 0 saturated carbocycles. The fourth-order valence-corrected chi connectivity index (χ4v) is 3.11. The summed E-state index contributed by atoms with van der Waals surface area (Å²) in [5, 5.41) is 16.6. The number of carbonyl (C=O) groups excluding carboxylic acids is 1. The van der Waals surface area contributed by atoms with Crippen molar-refractivity contribution in [1.29, 1.82) is 0 Å². The van der Waals surface area contributed by atoms with E-state index in [0.717, 1.165) is 10.8 Å². The van der Waals surface area contributed by atoms with Gasteiger partial charge in [0, 0.05) is 17.7 Å². The number of amides is 1. The summed E-state index contributed by atoms with van der Waals surface area (Å²) in [4.78, 5) is 22.9. The van der Waals surface area contributed by atoms with Gasteiger partial charge in [0.05, 0.1) is 23.8 Å². The average Bonchev–Trinajstić information content (AvgIpc) is 3.27. The lowest BCUT2D eigenvalue weighted by atomic mass is 10.1. The van der Waals surface area contributed by atoms with Crippen molar-refractivity contribution in [2.24, 2.45) is 5.10 Å². The minimum atomic E-state index is -0.461. The van der Waals surface area contributed by atoms with Gasteiger partial charge in [-0.2, -0.15) is 5.10 Å². The lowest BCUT2D eigenvalue weighted by Gasteiger charge is -2.09. The number of fused-ring (bicyclic) bond motifs is 1. The number of ether oxygens (including phenoxy) is 1. The van der Waals surface area contributed by atoms with E-state index in [1.165, 1.54) is 25.5 Å². The molecule has 3 aromatic carbocycles. The van der Waals surface area contributed by atoms with Crippen molar-refractivity contribution < 1.29 is 18.9 Å². The second kappa shape index (κ2) is 8.50. The van der Waals surface area contributed by atoms with Crippen molar-refractivity contribution in [3.63, 3.8) is 0 Å². The highest BCUT2D eigenvalue weighted by Gasteiger charge is 2.13. The standard InChI is InChI=1S/C23H17N3O5/c1-30-22-13-17-5-3-2-4-16(17)12-20(22)23(27)25-24-14-19-10-11-21(31-19)15-6-8-18(9-7-15)26(28)29/h2-14H,1H3,(H,25,27). The molecule has 0 unspecified atom stereocenters. The van der Waals surface area contributed by atoms with Crippen LogP contribution in [-0.4, -0.2) is 24.2 Å². The maximum absolute atomic E-state index is 12.6. The topological polar surface area (TPSA) is 107 Å². The van der Waals surface area contributed by atoms with Gasteiger partial charge in [-0.25, -0.2) is 5.43 Å². The molecule has 8 heteroatoms. The summed E-state index contributed by atoms with van der Waals surface area (Å²) in [7, 11) is 1.51. The van der Waals surface area contributed by atoms with Crippen LogP contribution < -0.4 is 10.2 Å². The molecule has 4 aromatic rings. The molecular formula is C23H17N3O5. The van der Waals surface area contributed by atoms with Crippen LogP contribution in [0.5, 0.6) is 5.75 Å². The molecule has 0 aliphatic carbocycles. The zero-order valence-electron chi connectivity index (χ0n) is 16.4. The Morgan fingerprint density at radius 1 is 1.06 bits per heavy atom. The molecule has 8 nitrogen and oxygen atoms in total. The van der Waals surface area contributed by atoms with E-state index in [9.17, 15) is 14.9 Å². The number of methoxy groups -OCH3 is 1. The zero-order chi connectivity index (χ0) is 21.8. The number of hydrazone groups is 1. The van der Waals surface area contributed by atoms with Gasteiger partial charge in [-0.05, 0) is 47.2 Å². The van der Waals surface area contributed by atoms with Crippen molar-refractivity contribution in [3.05, 3.63) is 94.2 Å². The van der Waals surface area contributed by atoms with E-state index >= 15 is 0 Å². The minimum Gasteiger partial charge on any atom is -0.496 e. The fourth-order valence-electron chi connectivity index (χ4n) is 3.11. The Labute approximate surface area is 176 Å². The van der Waals surface area contributed by atoms with Crippen molar-refractivity contribution in [3.8, 4) is 17.1 Å². The predicted molar refractivity (Wildman–Crippen MR) is 116 cm³/mol. The SMILES string of the molecule is COc1cc2ccccc2cc1C(=O)NN=Cc1ccc(-c2ccc([N+](=O)[O-])cc2)o1. The summed E-state index contributed by atoms with van der Waals surface area (Å²) in [6.07, 6.45) is 1.38. The molecule has 1 N–H and O–H groups in total. The van der Waals surface area contributed by atoms with E-state index in [1.807, 2.05) is 24.3 Å². The highest BCUT2D eigenvalue weighted by molar-refractivity contribution is 6.01. The first-order valence-electron chi connectivity index (χ1n) is 9.30. The van der Waals surface area contributed by atoms with Gasteiger partial charge in [-0.3, -0.25) is 14.9 Å². The number of nitro benzene ring substituents is 1. The summed E-state index contributed by atoms with van der Waals surface area (Å²) in [5.74, 6) is 0.976. The van der Waals surface area contributed by atoms with Crippen LogP contribution >= 0.6 is 0 Å². The van der Waals surface area contributed by atoms with Gasteiger partial charge in [-0.1, -0.05) is 24.3 Å². The number of benzene rings is 3. The Bertz CT molecular complexity index is 1290. The Morgan fingerprint density at radius 2 is 1.77 bits per heavy atom. The molecule has 0 bridgehead atoms. The first kappa shape index (κ1) is 19.8. The highest BCUT2D eigenvalue weighted by Crippen LogP contribution is 2.26. The lowest BCUT2D eigenvalue weighted by molar-refractivity contribution is -0.384. The van der Waals surface area contributed by atoms with Crippen LogP contribution in [0.4, 0.5) is 5.69 Å². The second-order valence-corrected chi connectivity index (χ2v) is 6.60. The molecule has 31 heavy (non-hydrogen) atoms. The molecule has 0 aliphatic rings. The van der Waals surface area contributed by atoms with E-state index in [1.54, 1.807) is 36.4 Å². The summed E-state index contributed by atoms with van der Waals surface area (Å²) >= 11 is 0. The number of nitrogens with one attached hydrogen (secondary N) is 1. The van der Waals surface area contributed by atoms with E-state index in [0.29, 0.717) is 28.4 Å². The molecule has 0 spiro atoms. The number of non-ortho nitro benzene ring substituents is 1. The Kier molecular flexibility index (Phi) is 5.44. The van der Waals surface area contributed by atoms with Crippen LogP contribution in [0.15, 0.2) is 82.3 Å². The van der Waals surface area contributed by atoms with Crippen molar-refractivity contribution in [2.75, 3.05) is 7.11 Å². The molecule has 4 rings (SSSR count). The summed E-state index contributed by atoms with van der Waals surface area (Å²) < 4.78 is 11.0. The third kappa shape index (κ3) is 4.27. The van der Waals surface area contributed by atoms with Gasteiger partial charge in [0.2, 0.25) is 0 Å². The molecule has 1 heterocycles. The van der Waals surface area contributed by atoms with Crippen LogP contribution in [0, 0.1) is 10.1 Å². The number of hydrogen-bond donors (Lipinski definition) is 1. The smallest absolute Gasteiger partial charge is 0.275 e. The molecule has 154 valence electrons. The quantitative estimate of drug-likeness (QED) is 0.277. The van der Waals surface area contributed by atoms with E-state index in [2.05, 4.69) is 10.5 Å². The largest absolute Gasteiger partial charge is 0.496 e. The Hall–Kier alpha value is -4.46. The normalized spacial score (nSPS) is 11.0. The molecule has 0 saturated heterocycles. The van der Waals surface area contributed by atoms with E-state index < -0.39 is 10.8 Å². The van der Waals surface area contributed by atoms with Gasteiger partial charge >= 0.3 is 0 Å². The monoisotopic (exact) mass is 415 g/mol. The Balaban J connectivity index is 1.47. The summed E-state index contributed by atoms with van der Waals surface area (Å²) in [5.41, 5.74) is 3.53. The molecule has 1 aromatic heterocycles. The zero-order valence-corrected chi connectivity index (χ0v) is 16.4. The first-order chi connectivity index (χ1) is 15.0. The number of carbonyl (C=O) groups is 1. The predicted octanol–water partition coefficient (Wildman–Crippen LogP) is 4.78. The van der Waals surface area contributed by atoms with Gasteiger partial charge in [0.15, 0.2) is 0 Å². The molecule has 0 aliphatic heterocycles. The summed E-state index contributed by atoms with van der Waals surface area (Å²) in [6, 6.07) is 20.6. The molecule has 0 radical (unpaired) electrons. The second-order valence-electron chi connectivity index (χ2n) is 6.60.